The van der Waals surface area contributed by atoms with Crippen LogP contribution in [0, 0.1) is 0 Å². The molecule has 0 saturated carbocycles. The molecule has 0 radical (unpaired) electrons. The number of hydrogen-bond donors (Lipinski definition) is 2. The molecule has 0 fully saturated rings. The predicted octanol–water partition coefficient (Wildman–Crippen LogP) is 3.43. The van der Waals surface area contributed by atoms with Crippen molar-refractivity contribution in [1.29, 1.82) is 0 Å². The Labute approximate surface area is 99.8 Å². The lowest BCUT2D eigenvalue weighted by Crippen LogP contribution is -2.26. The van der Waals surface area contributed by atoms with E-state index < -0.39 is 0 Å². The predicted molar refractivity (Wildman–Crippen MR) is 67.0 cm³/mol. The molecule has 0 aliphatic heterocycles. The minimum Gasteiger partial charge on any atom is -0.507 e. The van der Waals surface area contributed by atoms with E-state index in [0.29, 0.717) is 11.8 Å². The van der Waals surface area contributed by atoms with E-state index >= 15 is 0 Å². The summed E-state index contributed by atoms with van der Waals surface area (Å²) in [4.78, 5) is 0. The fourth-order valence-corrected chi connectivity index (χ4v) is 1.93. The van der Waals surface area contributed by atoms with Crippen LogP contribution in [-0.2, 0) is 6.54 Å². The Morgan fingerprint density at radius 1 is 1.33 bits per heavy atom. The van der Waals surface area contributed by atoms with Gasteiger partial charge in [0.15, 0.2) is 0 Å². The Bertz CT molecular complexity index is 310. The smallest absolute Gasteiger partial charge is 0.129 e. The monoisotopic (exact) mass is 271 g/mol. The zero-order chi connectivity index (χ0) is 11.3. The van der Waals surface area contributed by atoms with E-state index in [2.05, 4.69) is 35.1 Å². The maximum atomic E-state index is 9.35. The highest BCUT2D eigenvalue weighted by molar-refractivity contribution is 9.10. The number of rotatable bonds is 5. The van der Waals surface area contributed by atoms with Crippen LogP contribution in [0.4, 0.5) is 0 Å². The average molecular weight is 272 g/mol. The quantitative estimate of drug-likeness (QED) is 0.860. The Morgan fingerprint density at radius 3 is 2.53 bits per heavy atom. The maximum Gasteiger partial charge on any atom is 0.129 e. The molecule has 0 unspecified atom stereocenters. The molecular weight excluding hydrogens is 254 g/mol. The van der Waals surface area contributed by atoms with Crippen LogP contribution in [0.1, 0.15) is 32.3 Å². The fourth-order valence-electron chi connectivity index (χ4n) is 1.50. The second-order valence-corrected chi connectivity index (χ2v) is 4.53. The van der Waals surface area contributed by atoms with Crippen molar-refractivity contribution < 1.29 is 5.11 Å². The molecule has 0 amide bonds. The highest BCUT2D eigenvalue weighted by Gasteiger charge is 2.03. The molecule has 3 heteroatoms. The second kappa shape index (κ2) is 6.13. The van der Waals surface area contributed by atoms with Crippen LogP contribution < -0.4 is 5.32 Å². The van der Waals surface area contributed by atoms with Crippen LogP contribution >= 0.6 is 15.9 Å². The van der Waals surface area contributed by atoms with Crippen LogP contribution in [0.3, 0.4) is 0 Å². The molecule has 0 aromatic heterocycles. The number of phenols is 1. The van der Waals surface area contributed by atoms with Gasteiger partial charge in [0.25, 0.3) is 0 Å². The minimum absolute atomic E-state index is 0.293. The average Bonchev–Trinajstić information content (AvgIpc) is 2.24. The Kier molecular flexibility index (Phi) is 5.12. The number of halogens is 1. The molecular formula is C12H18BrNO. The van der Waals surface area contributed by atoms with Crippen molar-refractivity contribution in [3.8, 4) is 5.75 Å². The zero-order valence-electron chi connectivity index (χ0n) is 9.26. The number of aromatic hydroxyl groups is 1. The summed E-state index contributed by atoms with van der Waals surface area (Å²) in [6, 6.07) is 6.19. The first-order valence-electron chi connectivity index (χ1n) is 5.38. The van der Waals surface area contributed by atoms with E-state index in [1.54, 1.807) is 6.07 Å². The van der Waals surface area contributed by atoms with Gasteiger partial charge in [-0.2, -0.15) is 0 Å². The van der Waals surface area contributed by atoms with Crippen LogP contribution in [0.15, 0.2) is 22.7 Å². The molecule has 15 heavy (non-hydrogen) atoms. The Balaban J connectivity index is 2.54. The number of nitrogens with one attached hydrogen (secondary N) is 1. The highest BCUT2D eigenvalue weighted by atomic mass is 79.9. The molecule has 2 N–H and O–H groups in total. The molecule has 0 aliphatic carbocycles. The summed E-state index contributed by atoms with van der Waals surface area (Å²) in [5, 5.41) is 12.8. The third kappa shape index (κ3) is 3.84. The molecule has 84 valence electrons. The van der Waals surface area contributed by atoms with Gasteiger partial charge in [0.2, 0.25) is 0 Å². The first-order chi connectivity index (χ1) is 7.17. The van der Waals surface area contributed by atoms with Gasteiger partial charge in [0.1, 0.15) is 5.75 Å². The first-order valence-corrected chi connectivity index (χ1v) is 6.17. The van der Waals surface area contributed by atoms with Crippen LogP contribution in [0.25, 0.3) is 0 Å². The van der Waals surface area contributed by atoms with Crippen molar-refractivity contribution in [1.82, 2.24) is 5.32 Å². The lowest BCUT2D eigenvalue weighted by molar-refractivity contribution is 0.469. The summed E-state index contributed by atoms with van der Waals surface area (Å²) in [7, 11) is 0. The van der Waals surface area contributed by atoms with Crippen molar-refractivity contribution in [2.75, 3.05) is 0 Å². The Morgan fingerprint density at radius 2 is 2.00 bits per heavy atom. The molecule has 1 aromatic rings. The van der Waals surface area contributed by atoms with Crippen LogP contribution in [0.2, 0.25) is 0 Å². The second-order valence-electron chi connectivity index (χ2n) is 3.68. The molecule has 0 spiro atoms. The van der Waals surface area contributed by atoms with Crippen LogP contribution in [-0.4, -0.2) is 11.1 Å². The van der Waals surface area contributed by atoms with Gasteiger partial charge >= 0.3 is 0 Å². The molecule has 0 atom stereocenters. The molecule has 0 saturated heterocycles. The molecule has 1 aromatic carbocycles. The lowest BCUT2D eigenvalue weighted by atomic mass is 10.1. The SMILES string of the molecule is CCC(CC)NCc1ccc(O)c(Br)c1. The van der Waals surface area contributed by atoms with Gasteiger partial charge in [-0.25, -0.2) is 0 Å². The Hall–Kier alpha value is -0.540. The van der Waals surface area contributed by atoms with Gasteiger partial charge < -0.3 is 10.4 Å². The van der Waals surface area contributed by atoms with E-state index in [0.717, 1.165) is 23.9 Å². The van der Waals surface area contributed by atoms with Crippen molar-refractivity contribution in [2.45, 2.75) is 39.3 Å². The summed E-state index contributed by atoms with van der Waals surface area (Å²) in [5.74, 6) is 0.293. The molecule has 0 bridgehead atoms. The maximum absolute atomic E-state index is 9.35. The lowest BCUT2D eigenvalue weighted by Gasteiger charge is -2.14. The molecule has 2 nitrogen and oxygen atoms in total. The fraction of sp³-hybridized carbons (Fsp3) is 0.500. The summed E-state index contributed by atoms with van der Waals surface area (Å²) in [6.07, 6.45) is 2.30. The van der Waals surface area contributed by atoms with Crippen molar-refractivity contribution >= 4 is 15.9 Å². The van der Waals surface area contributed by atoms with Crippen molar-refractivity contribution in [3.05, 3.63) is 28.2 Å². The molecule has 0 heterocycles. The minimum atomic E-state index is 0.293. The van der Waals surface area contributed by atoms with Crippen molar-refractivity contribution in [2.24, 2.45) is 0 Å². The van der Waals surface area contributed by atoms with Gasteiger partial charge in [-0.3, -0.25) is 0 Å². The van der Waals surface area contributed by atoms with E-state index in [4.69, 9.17) is 0 Å². The van der Waals surface area contributed by atoms with Gasteiger partial charge in [-0.1, -0.05) is 19.9 Å². The van der Waals surface area contributed by atoms with Gasteiger partial charge in [0.05, 0.1) is 4.47 Å². The number of phenolic OH excluding ortho intramolecular Hbond substituents is 1. The van der Waals surface area contributed by atoms with Crippen LogP contribution in [0.5, 0.6) is 5.75 Å². The third-order valence-electron chi connectivity index (χ3n) is 2.59. The first kappa shape index (κ1) is 12.5. The van der Waals surface area contributed by atoms with E-state index in [-0.39, 0.29) is 0 Å². The van der Waals surface area contributed by atoms with Gasteiger partial charge in [-0.15, -0.1) is 0 Å². The van der Waals surface area contributed by atoms with E-state index in [9.17, 15) is 5.11 Å². The molecule has 0 aliphatic rings. The topological polar surface area (TPSA) is 32.3 Å². The summed E-state index contributed by atoms with van der Waals surface area (Å²) < 4.78 is 0.756. The number of benzene rings is 1. The number of hydrogen-bond acceptors (Lipinski definition) is 2. The summed E-state index contributed by atoms with van der Waals surface area (Å²) in [5.41, 5.74) is 1.19. The van der Waals surface area contributed by atoms with Gasteiger partial charge in [0, 0.05) is 12.6 Å². The summed E-state index contributed by atoms with van der Waals surface area (Å²) in [6.45, 7) is 5.23. The molecule has 1 rings (SSSR count). The zero-order valence-corrected chi connectivity index (χ0v) is 10.8. The largest absolute Gasteiger partial charge is 0.507 e. The normalized spacial score (nSPS) is 10.9. The van der Waals surface area contributed by atoms with E-state index in [1.165, 1.54) is 5.56 Å². The van der Waals surface area contributed by atoms with Crippen molar-refractivity contribution in [3.63, 3.8) is 0 Å². The standard InChI is InChI=1S/C12H18BrNO/c1-3-10(4-2)14-8-9-5-6-12(15)11(13)7-9/h5-7,10,14-15H,3-4,8H2,1-2H3. The van der Waals surface area contributed by atoms with E-state index in [1.807, 2.05) is 12.1 Å². The highest BCUT2D eigenvalue weighted by Crippen LogP contribution is 2.24. The van der Waals surface area contributed by atoms with Gasteiger partial charge in [-0.05, 0) is 46.5 Å². The third-order valence-corrected chi connectivity index (χ3v) is 3.23. The summed E-state index contributed by atoms with van der Waals surface area (Å²) >= 11 is 3.31.